The zero-order chi connectivity index (χ0) is 14.8. The van der Waals surface area contributed by atoms with Crippen LogP contribution in [0, 0.1) is 0 Å². The van der Waals surface area contributed by atoms with Crippen molar-refractivity contribution in [2.45, 2.75) is 24.8 Å². The van der Waals surface area contributed by atoms with Gasteiger partial charge in [0.15, 0.2) is 0 Å². The molecule has 0 N–H and O–H groups in total. The van der Waals surface area contributed by atoms with Crippen molar-refractivity contribution in [1.29, 1.82) is 0 Å². The number of rotatable bonds is 4. The van der Waals surface area contributed by atoms with Gasteiger partial charge >= 0.3 is 0 Å². The Morgan fingerprint density at radius 2 is 1.65 bits per heavy atom. The molecule has 106 valence electrons. The molecule has 5 heteroatoms. The Morgan fingerprint density at radius 3 is 2.20 bits per heavy atom. The van der Waals surface area contributed by atoms with Crippen molar-refractivity contribution in [3.8, 4) is 0 Å². The fraction of sp³-hybridized carbons (Fsp3) is 0.200. The summed E-state index contributed by atoms with van der Waals surface area (Å²) in [5.74, 6) is 0. The number of para-hydroxylation sites is 1. The summed E-state index contributed by atoms with van der Waals surface area (Å²) < 4.78 is 27.8. The van der Waals surface area contributed by atoms with Gasteiger partial charge in [-0.1, -0.05) is 40.2 Å². The van der Waals surface area contributed by atoms with Gasteiger partial charge in [0.1, 0.15) is 0 Å². The van der Waals surface area contributed by atoms with E-state index in [-0.39, 0.29) is 10.9 Å². The van der Waals surface area contributed by atoms with Crippen LogP contribution >= 0.6 is 15.9 Å². The quantitative estimate of drug-likeness (QED) is 0.831. The van der Waals surface area contributed by atoms with E-state index in [1.54, 1.807) is 36.4 Å². The van der Waals surface area contributed by atoms with Crippen molar-refractivity contribution in [1.82, 2.24) is 0 Å². The van der Waals surface area contributed by atoms with Crippen molar-refractivity contribution in [3.05, 3.63) is 59.1 Å². The second-order valence-electron chi connectivity index (χ2n) is 4.69. The highest BCUT2D eigenvalue weighted by Crippen LogP contribution is 2.27. The molecule has 0 fully saturated rings. The van der Waals surface area contributed by atoms with Crippen molar-refractivity contribution in [2.75, 3.05) is 4.31 Å². The van der Waals surface area contributed by atoms with E-state index in [9.17, 15) is 8.42 Å². The highest BCUT2D eigenvalue weighted by molar-refractivity contribution is 9.10. The number of hydrogen-bond donors (Lipinski definition) is 0. The first kappa shape index (κ1) is 15.1. The number of benzene rings is 2. The lowest BCUT2D eigenvalue weighted by Crippen LogP contribution is -2.36. The van der Waals surface area contributed by atoms with Crippen molar-refractivity contribution in [3.63, 3.8) is 0 Å². The third-order valence-corrected chi connectivity index (χ3v) is 5.33. The minimum atomic E-state index is -3.57. The number of sulfonamides is 1. The fourth-order valence-corrected chi connectivity index (χ4v) is 4.29. The molecule has 0 saturated carbocycles. The standard InChI is InChI=1S/C15H16BrNO2S/c1-12(2)17(14-8-4-3-5-9-14)20(18,19)15-10-6-7-13(16)11-15/h3-12H,1-2H3. The van der Waals surface area contributed by atoms with Crippen LogP contribution in [0.3, 0.4) is 0 Å². The Kier molecular flexibility index (Phi) is 4.50. The van der Waals surface area contributed by atoms with E-state index in [0.717, 1.165) is 4.47 Å². The van der Waals surface area contributed by atoms with E-state index in [0.29, 0.717) is 5.69 Å². The van der Waals surface area contributed by atoms with Gasteiger partial charge in [0.2, 0.25) is 0 Å². The SMILES string of the molecule is CC(C)N(c1ccccc1)S(=O)(=O)c1cccc(Br)c1. The molecular weight excluding hydrogens is 338 g/mol. The van der Waals surface area contributed by atoms with E-state index < -0.39 is 10.0 Å². The molecule has 0 heterocycles. The molecular formula is C15H16BrNO2S. The second-order valence-corrected chi connectivity index (χ2v) is 7.42. The maximum atomic E-state index is 12.8. The van der Waals surface area contributed by atoms with Gasteiger partial charge in [-0.2, -0.15) is 0 Å². The van der Waals surface area contributed by atoms with Crippen LogP contribution in [0.2, 0.25) is 0 Å². The maximum absolute atomic E-state index is 12.8. The predicted molar refractivity (Wildman–Crippen MR) is 85.4 cm³/mol. The summed E-state index contributed by atoms with van der Waals surface area (Å²) in [5, 5.41) is 0. The van der Waals surface area contributed by atoms with Crippen molar-refractivity contribution in [2.24, 2.45) is 0 Å². The molecule has 0 saturated heterocycles. The van der Waals surface area contributed by atoms with Crippen LogP contribution < -0.4 is 4.31 Å². The van der Waals surface area contributed by atoms with Crippen LogP contribution in [0.15, 0.2) is 64.0 Å². The Morgan fingerprint density at radius 1 is 1.00 bits per heavy atom. The van der Waals surface area contributed by atoms with E-state index >= 15 is 0 Å². The normalized spacial score (nSPS) is 11.6. The second kappa shape index (κ2) is 5.97. The monoisotopic (exact) mass is 353 g/mol. The van der Waals surface area contributed by atoms with Crippen molar-refractivity contribution < 1.29 is 8.42 Å². The molecule has 0 radical (unpaired) electrons. The number of nitrogens with zero attached hydrogens (tertiary/aromatic N) is 1. The maximum Gasteiger partial charge on any atom is 0.264 e. The minimum Gasteiger partial charge on any atom is -0.264 e. The Balaban J connectivity index is 2.54. The number of hydrogen-bond acceptors (Lipinski definition) is 2. The third-order valence-electron chi connectivity index (χ3n) is 2.83. The first-order chi connectivity index (χ1) is 9.43. The summed E-state index contributed by atoms with van der Waals surface area (Å²) >= 11 is 3.31. The van der Waals surface area contributed by atoms with Gasteiger partial charge < -0.3 is 0 Å². The molecule has 3 nitrogen and oxygen atoms in total. The zero-order valence-electron chi connectivity index (χ0n) is 11.3. The van der Waals surface area contributed by atoms with E-state index in [1.165, 1.54) is 4.31 Å². The van der Waals surface area contributed by atoms with Gasteiger partial charge in [-0.25, -0.2) is 8.42 Å². The van der Waals surface area contributed by atoms with Crippen LogP contribution in [-0.4, -0.2) is 14.5 Å². The third kappa shape index (κ3) is 3.04. The summed E-state index contributed by atoms with van der Waals surface area (Å²) in [7, 11) is -3.57. The first-order valence-electron chi connectivity index (χ1n) is 6.28. The molecule has 2 aromatic carbocycles. The molecule has 0 amide bonds. The lowest BCUT2D eigenvalue weighted by Gasteiger charge is -2.28. The van der Waals surface area contributed by atoms with Gasteiger partial charge in [0, 0.05) is 10.5 Å². The largest absolute Gasteiger partial charge is 0.264 e. The van der Waals surface area contributed by atoms with Crippen molar-refractivity contribution >= 4 is 31.6 Å². The molecule has 0 bridgehead atoms. The summed E-state index contributed by atoms with van der Waals surface area (Å²) in [5.41, 5.74) is 0.669. The summed E-state index contributed by atoms with van der Waals surface area (Å²) in [6.07, 6.45) is 0. The van der Waals surface area contributed by atoms with Gasteiger partial charge in [0.25, 0.3) is 10.0 Å². The van der Waals surface area contributed by atoms with Gasteiger partial charge in [-0.15, -0.1) is 0 Å². The molecule has 0 aliphatic carbocycles. The lowest BCUT2D eigenvalue weighted by molar-refractivity contribution is 0.584. The van der Waals surface area contributed by atoms with Crippen LogP contribution in [0.4, 0.5) is 5.69 Å². The summed E-state index contributed by atoms with van der Waals surface area (Å²) in [6.45, 7) is 3.73. The van der Waals surface area contributed by atoms with Gasteiger partial charge in [-0.3, -0.25) is 4.31 Å². The van der Waals surface area contributed by atoms with E-state index in [2.05, 4.69) is 15.9 Å². The highest BCUT2D eigenvalue weighted by Gasteiger charge is 2.27. The Hall–Kier alpha value is -1.33. The smallest absolute Gasteiger partial charge is 0.264 e. The van der Waals surface area contributed by atoms with E-state index in [1.807, 2.05) is 32.0 Å². The average Bonchev–Trinajstić information content (AvgIpc) is 2.39. The molecule has 0 atom stereocenters. The number of anilines is 1. The molecule has 2 rings (SSSR count). The molecule has 0 unspecified atom stereocenters. The lowest BCUT2D eigenvalue weighted by atomic mass is 10.3. The van der Waals surface area contributed by atoms with Gasteiger partial charge in [0.05, 0.1) is 10.6 Å². The zero-order valence-corrected chi connectivity index (χ0v) is 13.7. The molecule has 0 spiro atoms. The Bertz CT molecular complexity index is 684. The fourth-order valence-electron chi connectivity index (χ4n) is 2.03. The number of halogens is 1. The van der Waals surface area contributed by atoms with Crippen LogP contribution in [0.5, 0.6) is 0 Å². The van der Waals surface area contributed by atoms with Crippen LogP contribution in [-0.2, 0) is 10.0 Å². The van der Waals surface area contributed by atoms with E-state index in [4.69, 9.17) is 0 Å². The van der Waals surface area contributed by atoms with Crippen LogP contribution in [0.1, 0.15) is 13.8 Å². The molecule has 2 aromatic rings. The predicted octanol–water partition coefficient (Wildman–Crippen LogP) is 4.05. The van der Waals surface area contributed by atoms with Gasteiger partial charge in [-0.05, 0) is 44.2 Å². The molecule has 20 heavy (non-hydrogen) atoms. The average molecular weight is 354 g/mol. The molecule has 0 aliphatic heterocycles. The summed E-state index contributed by atoms with van der Waals surface area (Å²) in [6, 6.07) is 15.7. The molecule has 0 aliphatic rings. The first-order valence-corrected chi connectivity index (χ1v) is 8.51. The van der Waals surface area contributed by atoms with Crippen LogP contribution in [0.25, 0.3) is 0 Å². The molecule has 0 aromatic heterocycles. The topological polar surface area (TPSA) is 37.4 Å². The minimum absolute atomic E-state index is 0.165. The Labute approximate surface area is 128 Å². The highest BCUT2D eigenvalue weighted by atomic mass is 79.9. The summed E-state index contributed by atoms with van der Waals surface area (Å²) in [4.78, 5) is 0.282.